The Bertz CT molecular complexity index is 397. The van der Waals surface area contributed by atoms with E-state index >= 15 is 0 Å². The largest absolute Gasteiger partial charge is 0.478 e. The third kappa shape index (κ3) is 5.03. The number of nitrogens with zero attached hydrogens (tertiary/aromatic N) is 2. The van der Waals surface area contributed by atoms with Crippen LogP contribution in [0, 0.1) is 6.92 Å². The molecule has 1 atom stereocenters. The van der Waals surface area contributed by atoms with E-state index in [1.807, 2.05) is 13.0 Å². The van der Waals surface area contributed by atoms with E-state index in [9.17, 15) is 0 Å². The van der Waals surface area contributed by atoms with Gasteiger partial charge in [-0.25, -0.2) is 4.98 Å². The third-order valence-electron chi connectivity index (χ3n) is 3.17. The van der Waals surface area contributed by atoms with Crippen LogP contribution < -0.4 is 15.8 Å². The van der Waals surface area contributed by atoms with Gasteiger partial charge in [0.15, 0.2) is 0 Å². The highest BCUT2D eigenvalue weighted by molar-refractivity contribution is 5.33. The lowest BCUT2D eigenvalue weighted by Crippen LogP contribution is -2.37. The number of aryl methyl sites for hydroxylation is 1. The molecule has 5 heteroatoms. The van der Waals surface area contributed by atoms with Crippen LogP contribution in [-0.2, 0) is 0 Å². The van der Waals surface area contributed by atoms with Crippen molar-refractivity contribution in [2.45, 2.75) is 52.5 Å². The van der Waals surface area contributed by atoms with Gasteiger partial charge < -0.3 is 15.8 Å². The summed E-state index contributed by atoms with van der Waals surface area (Å²) in [5.41, 5.74) is 6.48. The molecule has 0 aromatic carbocycles. The van der Waals surface area contributed by atoms with Gasteiger partial charge in [-0.05, 0) is 39.7 Å². The number of anilines is 1. The first-order valence-corrected chi connectivity index (χ1v) is 6.99. The van der Waals surface area contributed by atoms with Crippen LogP contribution in [0.2, 0.25) is 0 Å². The van der Waals surface area contributed by atoms with E-state index in [4.69, 9.17) is 10.5 Å². The van der Waals surface area contributed by atoms with E-state index in [-0.39, 0.29) is 5.54 Å². The monoisotopic (exact) mass is 266 g/mol. The lowest BCUT2D eigenvalue weighted by Gasteiger charge is -2.29. The average molecular weight is 266 g/mol. The van der Waals surface area contributed by atoms with Crippen molar-refractivity contribution < 1.29 is 4.74 Å². The molecule has 0 radical (unpaired) electrons. The molecule has 5 nitrogen and oxygen atoms in total. The molecule has 108 valence electrons. The van der Waals surface area contributed by atoms with Crippen LogP contribution in [0.5, 0.6) is 5.88 Å². The Balaban J connectivity index is 2.84. The van der Waals surface area contributed by atoms with Crippen LogP contribution in [0.3, 0.4) is 0 Å². The number of nitrogens with one attached hydrogen (secondary N) is 1. The zero-order valence-corrected chi connectivity index (χ0v) is 12.5. The second-order valence-electron chi connectivity index (χ2n) is 5.10. The zero-order chi connectivity index (χ0) is 14.3. The molecule has 0 aliphatic carbocycles. The Morgan fingerprint density at radius 1 is 1.37 bits per heavy atom. The maximum absolute atomic E-state index is 5.66. The molecular formula is C14H26N4O. The van der Waals surface area contributed by atoms with Crippen molar-refractivity contribution in [2.24, 2.45) is 5.73 Å². The van der Waals surface area contributed by atoms with Gasteiger partial charge in [0.1, 0.15) is 0 Å². The van der Waals surface area contributed by atoms with Crippen molar-refractivity contribution >= 4 is 5.95 Å². The highest BCUT2D eigenvalue weighted by atomic mass is 16.5. The van der Waals surface area contributed by atoms with Gasteiger partial charge >= 0.3 is 0 Å². The summed E-state index contributed by atoms with van der Waals surface area (Å²) in [6.07, 6.45) is 2.81. The van der Waals surface area contributed by atoms with Crippen LogP contribution in [-0.4, -0.2) is 28.7 Å². The summed E-state index contributed by atoms with van der Waals surface area (Å²) >= 11 is 0. The predicted octanol–water partition coefficient (Wildman–Crippen LogP) is 2.50. The second kappa shape index (κ2) is 7.28. The van der Waals surface area contributed by atoms with Crippen molar-refractivity contribution in [3.63, 3.8) is 0 Å². The maximum Gasteiger partial charge on any atom is 0.226 e. The minimum absolute atomic E-state index is 0.0788. The molecule has 0 saturated heterocycles. The van der Waals surface area contributed by atoms with Gasteiger partial charge in [-0.1, -0.05) is 13.8 Å². The van der Waals surface area contributed by atoms with Crippen molar-refractivity contribution in [3.8, 4) is 5.88 Å². The van der Waals surface area contributed by atoms with E-state index < -0.39 is 0 Å². The van der Waals surface area contributed by atoms with Gasteiger partial charge in [0.05, 0.1) is 6.61 Å². The summed E-state index contributed by atoms with van der Waals surface area (Å²) in [5.74, 6) is 1.24. The minimum atomic E-state index is -0.0788. The quantitative estimate of drug-likeness (QED) is 0.756. The Labute approximate surface area is 116 Å². The number of nitrogens with two attached hydrogens (primary N) is 1. The normalized spacial score (nSPS) is 13.9. The highest BCUT2D eigenvalue weighted by Crippen LogP contribution is 2.21. The SMILES string of the molecule is CCCOc1cc(C)nc(NC(C)(CC)CCN)n1. The van der Waals surface area contributed by atoms with Crippen LogP contribution >= 0.6 is 0 Å². The van der Waals surface area contributed by atoms with Crippen LogP contribution in [0.1, 0.15) is 45.7 Å². The van der Waals surface area contributed by atoms with Crippen molar-refractivity contribution in [2.75, 3.05) is 18.5 Å². The van der Waals surface area contributed by atoms with Crippen LogP contribution in [0.15, 0.2) is 6.07 Å². The fraction of sp³-hybridized carbons (Fsp3) is 0.714. The van der Waals surface area contributed by atoms with Crippen molar-refractivity contribution in [3.05, 3.63) is 11.8 Å². The highest BCUT2D eigenvalue weighted by Gasteiger charge is 2.22. The fourth-order valence-electron chi connectivity index (χ4n) is 1.79. The van der Waals surface area contributed by atoms with E-state index in [1.165, 1.54) is 0 Å². The first-order chi connectivity index (χ1) is 9.03. The minimum Gasteiger partial charge on any atom is -0.478 e. The van der Waals surface area contributed by atoms with Gasteiger partial charge in [0.25, 0.3) is 0 Å². The van der Waals surface area contributed by atoms with Gasteiger partial charge in [0, 0.05) is 17.3 Å². The molecule has 0 spiro atoms. The maximum atomic E-state index is 5.66. The van der Waals surface area contributed by atoms with E-state index in [0.29, 0.717) is 25.0 Å². The summed E-state index contributed by atoms with van der Waals surface area (Å²) in [7, 11) is 0. The summed E-state index contributed by atoms with van der Waals surface area (Å²) in [6.45, 7) is 9.59. The molecular weight excluding hydrogens is 240 g/mol. The Hall–Kier alpha value is -1.36. The molecule has 1 aromatic heterocycles. The first kappa shape index (κ1) is 15.7. The van der Waals surface area contributed by atoms with Crippen molar-refractivity contribution in [1.29, 1.82) is 0 Å². The molecule has 0 aliphatic rings. The fourth-order valence-corrected chi connectivity index (χ4v) is 1.79. The topological polar surface area (TPSA) is 73.1 Å². The molecule has 1 aromatic rings. The number of hydrogen-bond acceptors (Lipinski definition) is 5. The molecule has 1 heterocycles. The van der Waals surface area contributed by atoms with Crippen LogP contribution in [0.4, 0.5) is 5.95 Å². The lowest BCUT2D eigenvalue weighted by molar-refractivity contribution is 0.304. The summed E-state index contributed by atoms with van der Waals surface area (Å²) in [6, 6.07) is 1.85. The smallest absolute Gasteiger partial charge is 0.226 e. The predicted molar refractivity (Wildman–Crippen MR) is 78.5 cm³/mol. The van der Waals surface area contributed by atoms with E-state index in [1.54, 1.807) is 0 Å². The zero-order valence-electron chi connectivity index (χ0n) is 12.5. The summed E-state index contributed by atoms with van der Waals surface area (Å²) in [5, 5.41) is 3.38. The standard InChI is InChI=1S/C14H26N4O/c1-5-9-19-12-10-11(3)16-13(17-12)18-14(4,6-2)7-8-15/h10H,5-9,15H2,1-4H3,(H,16,17,18). The second-order valence-corrected chi connectivity index (χ2v) is 5.10. The molecule has 1 rings (SSSR count). The Kier molecular flexibility index (Phi) is 6.02. The van der Waals surface area contributed by atoms with Gasteiger partial charge in [-0.15, -0.1) is 0 Å². The number of aromatic nitrogens is 2. The molecule has 0 amide bonds. The Morgan fingerprint density at radius 3 is 2.68 bits per heavy atom. The lowest BCUT2D eigenvalue weighted by atomic mass is 9.95. The van der Waals surface area contributed by atoms with Gasteiger partial charge in [-0.2, -0.15) is 4.98 Å². The summed E-state index contributed by atoms with van der Waals surface area (Å²) < 4.78 is 5.57. The van der Waals surface area contributed by atoms with Crippen molar-refractivity contribution in [1.82, 2.24) is 9.97 Å². The van der Waals surface area contributed by atoms with Gasteiger partial charge in [-0.3, -0.25) is 0 Å². The number of rotatable bonds is 8. The number of hydrogen-bond donors (Lipinski definition) is 2. The van der Waals surface area contributed by atoms with E-state index in [2.05, 4.69) is 36.1 Å². The van der Waals surface area contributed by atoms with Crippen LogP contribution in [0.25, 0.3) is 0 Å². The number of ether oxygens (including phenoxy) is 1. The molecule has 0 aliphatic heterocycles. The van der Waals surface area contributed by atoms with E-state index in [0.717, 1.165) is 25.0 Å². The molecule has 0 saturated carbocycles. The molecule has 19 heavy (non-hydrogen) atoms. The average Bonchev–Trinajstić information content (AvgIpc) is 2.36. The van der Waals surface area contributed by atoms with Gasteiger partial charge in [0.2, 0.25) is 11.8 Å². The summed E-state index contributed by atoms with van der Waals surface area (Å²) in [4.78, 5) is 8.82. The molecule has 1 unspecified atom stereocenters. The molecule has 0 bridgehead atoms. The molecule has 3 N–H and O–H groups in total. The third-order valence-corrected chi connectivity index (χ3v) is 3.17. The Morgan fingerprint density at radius 2 is 2.11 bits per heavy atom. The first-order valence-electron chi connectivity index (χ1n) is 6.99. The molecule has 0 fully saturated rings.